The normalized spacial score (nSPS) is 11.9. The molecule has 0 aromatic heterocycles. The van der Waals surface area contributed by atoms with E-state index in [9.17, 15) is 9.59 Å². The van der Waals surface area contributed by atoms with Crippen molar-refractivity contribution < 1.29 is 23.8 Å². The van der Waals surface area contributed by atoms with E-state index >= 15 is 0 Å². The molecule has 0 fully saturated rings. The quantitative estimate of drug-likeness (QED) is 0.466. The molecule has 0 heterocycles. The SMILES string of the molecule is COC(=O)CCCOC(C)C(=O)OC. The summed E-state index contributed by atoms with van der Waals surface area (Å²) in [6.45, 7) is 1.94. The molecule has 0 radical (unpaired) electrons. The fourth-order valence-corrected chi connectivity index (χ4v) is 0.813. The van der Waals surface area contributed by atoms with Crippen molar-refractivity contribution in [1.29, 1.82) is 0 Å². The molecule has 0 saturated carbocycles. The summed E-state index contributed by atoms with van der Waals surface area (Å²) < 4.78 is 14.0. The van der Waals surface area contributed by atoms with Gasteiger partial charge in [0.05, 0.1) is 14.2 Å². The van der Waals surface area contributed by atoms with Crippen molar-refractivity contribution in [2.24, 2.45) is 0 Å². The molecule has 0 aliphatic carbocycles. The van der Waals surface area contributed by atoms with Gasteiger partial charge in [0, 0.05) is 13.0 Å². The molecular weight excluding hydrogens is 188 g/mol. The largest absolute Gasteiger partial charge is 0.469 e. The van der Waals surface area contributed by atoms with Gasteiger partial charge in [-0.3, -0.25) is 4.79 Å². The molecule has 14 heavy (non-hydrogen) atoms. The van der Waals surface area contributed by atoms with E-state index in [0.29, 0.717) is 19.4 Å². The van der Waals surface area contributed by atoms with Crippen LogP contribution in [0.3, 0.4) is 0 Å². The molecule has 1 unspecified atom stereocenters. The van der Waals surface area contributed by atoms with Gasteiger partial charge in [-0.2, -0.15) is 0 Å². The highest BCUT2D eigenvalue weighted by molar-refractivity contribution is 5.73. The van der Waals surface area contributed by atoms with Gasteiger partial charge in [0.2, 0.25) is 0 Å². The number of ether oxygens (including phenoxy) is 3. The van der Waals surface area contributed by atoms with E-state index in [1.807, 2.05) is 0 Å². The van der Waals surface area contributed by atoms with Crippen molar-refractivity contribution >= 4 is 11.9 Å². The molecule has 0 bridgehead atoms. The highest BCUT2D eigenvalue weighted by Gasteiger charge is 2.12. The van der Waals surface area contributed by atoms with Gasteiger partial charge in [-0.25, -0.2) is 4.79 Å². The molecule has 0 spiro atoms. The minimum Gasteiger partial charge on any atom is -0.469 e. The summed E-state index contributed by atoms with van der Waals surface area (Å²) >= 11 is 0. The van der Waals surface area contributed by atoms with Crippen LogP contribution in [0.5, 0.6) is 0 Å². The lowest BCUT2D eigenvalue weighted by Gasteiger charge is -2.09. The van der Waals surface area contributed by atoms with Crippen LogP contribution in [0.15, 0.2) is 0 Å². The first kappa shape index (κ1) is 12.9. The van der Waals surface area contributed by atoms with E-state index in [0.717, 1.165) is 0 Å². The summed E-state index contributed by atoms with van der Waals surface area (Å²) in [5.41, 5.74) is 0. The number of carbonyl (C=O) groups excluding carboxylic acids is 2. The van der Waals surface area contributed by atoms with E-state index < -0.39 is 12.1 Å². The van der Waals surface area contributed by atoms with Gasteiger partial charge >= 0.3 is 11.9 Å². The standard InChI is InChI=1S/C9H16O5/c1-7(9(11)13-3)14-6-4-5-8(10)12-2/h7H,4-6H2,1-3H3. The summed E-state index contributed by atoms with van der Waals surface area (Å²) in [7, 11) is 2.64. The summed E-state index contributed by atoms with van der Waals surface area (Å²) in [6, 6.07) is 0. The molecule has 82 valence electrons. The Kier molecular flexibility index (Phi) is 6.74. The molecule has 0 rings (SSSR count). The molecular formula is C9H16O5. The fourth-order valence-electron chi connectivity index (χ4n) is 0.813. The second-order valence-electron chi connectivity index (χ2n) is 2.72. The Labute approximate surface area is 83.3 Å². The zero-order valence-electron chi connectivity index (χ0n) is 8.74. The number of rotatable bonds is 6. The monoisotopic (exact) mass is 204 g/mol. The number of carbonyl (C=O) groups is 2. The minimum absolute atomic E-state index is 0.278. The number of hydrogen-bond donors (Lipinski definition) is 0. The van der Waals surface area contributed by atoms with Gasteiger partial charge < -0.3 is 14.2 Å². The highest BCUT2D eigenvalue weighted by Crippen LogP contribution is 1.98. The van der Waals surface area contributed by atoms with Gasteiger partial charge in [-0.1, -0.05) is 0 Å². The Bertz CT molecular complexity index is 190. The molecule has 5 nitrogen and oxygen atoms in total. The zero-order valence-corrected chi connectivity index (χ0v) is 8.74. The van der Waals surface area contributed by atoms with Gasteiger partial charge in [0.25, 0.3) is 0 Å². The van der Waals surface area contributed by atoms with Gasteiger partial charge in [0.1, 0.15) is 0 Å². The minimum atomic E-state index is -0.586. The van der Waals surface area contributed by atoms with Crippen LogP contribution in [0.1, 0.15) is 19.8 Å². The topological polar surface area (TPSA) is 61.8 Å². The van der Waals surface area contributed by atoms with E-state index in [4.69, 9.17) is 4.74 Å². The molecule has 0 amide bonds. The van der Waals surface area contributed by atoms with Crippen molar-refractivity contribution in [3.05, 3.63) is 0 Å². The van der Waals surface area contributed by atoms with Crippen LogP contribution >= 0.6 is 0 Å². The molecule has 0 aliphatic heterocycles. The first-order chi connectivity index (χ1) is 6.61. The van der Waals surface area contributed by atoms with Gasteiger partial charge in [-0.15, -0.1) is 0 Å². The zero-order chi connectivity index (χ0) is 11.0. The second-order valence-corrected chi connectivity index (χ2v) is 2.72. The maximum atomic E-state index is 10.9. The summed E-state index contributed by atoms with van der Waals surface area (Å²) in [4.78, 5) is 21.5. The average Bonchev–Trinajstić information content (AvgIpc) is 2.22. The lowest BCUT2D eigenvalue weighted by Crippen LogP contribution is -2.22. The van der Waals surface area contributed by atoms with Crippen LogP contribution in [-0.4, -0.2) is 38.9 Å². The third-order valence-corrected chi connectivity index (χ3v) is 1.65. The summed E-state index contributed by atoms with van der Waals surface area (Å²) in [6.07, 6.45) is 0.246. The van der Waals surface area contributed by atoms with Gasteiger partial charge in [-0.05, 0) is 13.3 Å². The molecule has 0 aromatic rings. The van der Waals surface area contributed by atoms with Crippen molar-refractivity contribution in [1.82, 2.24) is 0 Å². The summed E-state index contributed by atoms with van der Waals surface area (Å²) in [5.74, 6) is -0.692. The van der Waals surface area contributed by atoms with E-state index in [2.05, 4.69) is 9.47 Å². The second kappa shape index (κ2) is 7.32. The third kappa shape index (κ3) is 5.53. The van der Waals surface area contributed by atoms with Crippen LogP contribution in [0.4, 0.5) is 0 Å². The first-order valence-electron chi connectivity index (χ1n) is 4.38. The molecule has 0 saturated heterocycles. The molecule has 0 aliphatic rings. The molecule has 5 heteroatoms. The lowest BCUT2D eigenvalue weighted by molar-refractivity contribution is -0.153. The Morgan fingerprint density at radius 2 is 1.86 bits per heavy atom. The average molecular weight is 204 g/mol. The lowest BCUT2D eigenvalue weighted by atomic mass is 10.3. The van der Waals surface area contributed by atoms with Crippen LogP contribution in [-0.2, 0) is 23.8 Å². The van der Waals surface area contributed by atoms with Crippen molar-refractivity contribution in [2.45, 2.75) is 25.9 Å². The number of esters is 2. The van der Waals surface area contributed by atoms with E-state index in [-0.39, 0.29) is 5.97 Å². The van der Waals surface area contributed by atoms with Crippen LogP contribution in [0.25, 0.3) is 0 Å². The van der Waals surface area contributed by atoms with Crippen LogP contribution < -0.4 is 0 Å². The predicted molar refractivity (Wildman–Crippen MR) is 48.7 cm³/mol. The predicted octanol–water partition coefficient (Wildman–Crippen LogP) is 0.518. The van der Waals surface area contributed by atoms with Crippen LogP contribution in [0, 0.1) is 0 Å². The van der Waals surface area contributed by atoms with E-state index in [1.165, 1.54) is 14.2 Å². The van der Waals surface area contributed by atoms with Crippen molar-refractivity contribution in [2.75, 3.05) is 20.8 Å². The first-order valence-corrected chi connectivity index (χ1v) is 4.38. The highest BCUT2D eigenvalue weighted by atomic mass is 16.6. The van der Waals surface area contributed by atoms with E-state index in [1.54, 1.807) is 6.92 Å². The Morgan fingerprint density at radius 3 is 2.36 bits per heavy atom. The molecule has 1 atom stereocenters. The smallest absolute Gasteiger partial charge is 0.334 e. The Hall–Kier alpha value is -1.10. The number of methoxy groups -OCH3 is 2. The van der Waals surface area contributed by atoms with Gasteiger partial charge in [0.15, 0.2) is 6.10 Å². The van der Waals surface area contributed by atoms with Crippen molar-refractivity contribution in [3.8, 4) is 0 Å². The Morgan fingerprint density at radius 1 is 1.21 bits per heavy atom. The van der Waals surface area contributed by atoms with Crippen molar-refractivity contribution in [3.63, 3.8) is 0 Å². The third-order valence-electron chi connectivity index (χ3n) is 1.65. The summed E-state index contributed by atoms with van der Waals surface area (Å²) in [5, 5.41) is 0. The fraction of sp³-hybridized carbons (Fsp3) is 0.778. The molecule has 0 N–H and O–H groups in total. The maximum absolute atomic E-state index is 10.9. The Balaban J connectivity index is 3.45. The van der Waals surface area contributed by atoms with Crippen LogP contribution in [0.2, 0.25) is 0 Å². The molecule has 0 aromatic carbocycles. The maximum Gasteiger partial charge on any atom is 0.334 e. The number of hydrogen-bond acceptors (Lipinski definition) is 5.